The standard InChI is InChI=1S/C27H32N2/c1-7-20(5)26(16-22-14-12-19(4)13-15-22)28-21(6)27-17-24(18(2)3)23-10-8-9-11-25(23)29-27/h10-15,17,26,28H,2,5-9,16H2,1,3-4H3. The van der Waals surface area contributed by atoms with Crippen LogP contribution in [0.15, 0.2) is 55.6 Å². The van der Waals surface area contributed by atoms with E-state index in [1.807, 2.05) is 0 Å². The summed E-state index contributed by atoms with van der Waals surface area (Å²) in [5, 5.41) is 5.85. The fraction of sp³-hybridized carbons (Fsp3) is 0.296. The van der Waals surface area contributed by atoms with Gasteiger partial charge < -0.3 is 5.32 Å². The van der Waals surface area contributed by atoms with E-state index in [9.17, 15) is 0 Å². The van der Waals surface area contributed by atoms with Gasteiger partial charge in [0.15, 0.2) is 0 Å². The average molecular weight is 385 g/mol. The number of nitrogens with zero attached hydrogens (tertiary/aromatic N) is 1. The highest BCUT2D eigenvalue weighted by atomic mass is 14.9. The van der Waals surface area contributed by atoms with Crippen LogP contribution in [0.3, 0.4) is 0 Å². The third-order valence-electron chi connectivity index (χ3n) is 5.57. The van der Waals surface area contributed by atoms with Crippen LogP contribution in [0.2, 0.25) is 0 Å². The van der Waals surface area contributed by atoms with Gasteiger partial charge in [0.1, 0.15) is 0 Å². The first-order valence-electron chi connectivity index (χ1n) is 10.5. The topological polar surface area (TPSA) is 24.9 Å². The molecule has 3 rings (SSSR count). The lowest BCUT2D eigenvalue weighted by molar-refractivity contribution is 0.654. The highest BCUT2D eigenvalue weighted by Gasteiger charge is 2.15. The molecule has 0 amide bonds. The lowest BCUT2D eigenvalue weighted by atomic mass is 9.96. The van der Waals surface area contributed by atoms with Gasteiger partial charge in [-0.25, -0.2) is 4.98 Å². The molecule has 2 aromatic rings. The quantitative estimate of drug-likeness (QED) is 0.654. The molecule has 1 aromatic heterocycles. The highest BCUT2D eigenvalue weighted by molar-refractivity contribution is 5.69. The predicted molar refractivity (Wildman–Crippen MR) is 127 cm³/mol. The van der Waals surface area contributed by atoms with Crippen LogP contribution in [0.25, 0.3) is 23.4 Å². The molecule has 1 aliphatic rings. The molecule has 1 heterocycles. The van der Waals surface area contributed by atoms with Gasteiger partial charge in [-0.1, -0.05) is 79.8 Å². The highest BCUT2D eigenvalue weighted by Crippen LogP contribution is 2.18. The van der Waals surface area contributed by atoms with Gasteiger partial charge >= 0.3 is 0 Å². The van der Waals surface area contributed by atoms with Gasteiger partial charge in [-0.3, -0.25) is 0 Å². The Kier molecular flexibility index (Phi) is 6.53. The molecule has 0 aliphatic heterocycles. The molecule has 0 spiro atoms. The molecular weight excluding hydrogens is 352 g/mol. The van der Waals surface area contributed by atoms with Crippen molar-refractivity contribution in [3.05, 3.63) is 88.6 Å². The maximum atomic E-state index is 4.89. The van der Waals surface area contributed by atoms with Crippen LogP contribution in [0.5, 0.6) is 0 Å². The number of hydrogen-bond donors (Lipinski definition) is 1. The maximum Gasteiger partial charge on any atom is 0.0868 e. The van der Waals surface area contributed by atoms with Crippen molar-refractivity contribution in [2.75, 3.05) is 0 Å². The van der Waals surface area contributed by atoms with Crippen LogP contribution in [0, 0.1) is 6.92 Å². The number of nitrogens with one attached hydrogen (secondary N) is 1. The number of fused-ring (bicyclic) bond motifs is 1. The average Bonchev–Trinajstić information content (AvgIpc) is 2.73. The van der Waals surface area contributed by atoms with Crippen molar-refractivity contribution in [1.82, 2.24) is 10.3 Å². The third-order valence-corrected chi connectivity index (χ3v) is 5.57. The largest absolute Gasteiger partial charge is 0.377 e. The minimum atomic E-state index is 0.122. The van der Waals surface area contributed by atoms with Crippen molar-refractivity contribution in [2.24, 2.45) is 0 Å². The number of rotatable bonds is 8. The smallest absolute Gasteiger partial charge is 0.0868 e. The summed E-state index contributed by atoms with van der Waals surface area (Å²) in [4.78, 5) is 4.89. The number of allylic oxidation sites excluding steroid dienone is 1. The Labute approximate surface area is 175 Å². The fourth-order valence-corrected chi connectivity index (χ4v) is 3.69. The van der Waals surface area contributed by atoms with Crippen molar-refractivity contribution in [3.8, 4) is 0 Å². The van der Waals surface area contributed by atoms with Crippen LogP contribution < -0.4 is 15.9 Å². The minimum absolute atomic E-state index is 0.122. The molecular formula is C27H32N2. The Morgan fingerprint density at radius 3 is 2.45 bits per heavy atom. The van der Waals surface area contributed by atoms with Crippen molar-refractivity contribution in [1.29, 1.82) is 0 Å². The molecule has 1 unspecified atom stereocenters. The second kappa shape index (κ2) is 9.09. The molecule has 1 atom stereocenters. The number of aromatic nitrogens is 1. The van der Waals surface area contributed by atoms with Gasteiger partial charge in [-0.05, 0) is 56.7 Å². The van der Waals surface area contributed by atoms with Gasteiger partial charge in [0.2, 0.25) is 0 Å². The van der Waals surface area contributed by atoms with E-state index in [1.165, 1.54) is 21.9 Å². The molecule has 0 saturated carbocycles. The Balaban J connectivity index is 1.90. The molecule has 2 heteroatoms. The van der Waals surface area contributed by atoms with E-state index < -0.39 is 0 Å². The Hall–Kier alpha value is -2.87. The molecule has 150 valence electrons. The van der Waals surface area contributed by atoms with Crippen molar-refractivity contribution < 1.29 is 0 Å². The molecule has 0 bridgehead atoms. The van der Waals surface area contributed by atoms with Crippen LogP contribution in [0.4, 0.5) is 0 Å². The van der Waals surface area contributed by atoms with Gasteiger partial charge in [0.05, 0.1) is 22.8 Å². The lowest BCUT2D eigenvalue weighted by Crippen LogP contribution is -2.36. The van der Waals surface area contributed by atoms with Crippen LogP contribution >= 0.6 is 0 Å². The first kappa shape index (κ1) is 20.9. The molecule has 29 heavy (non-hydrogen) atoms. The second-order valence-corrected chi connectivity index (χ2v) is 8.00. The molecule has 0 radical (unpaired) electrons. The number of pyridine rings is 1. The van der Waals surface area contributed by atoms with Crippen LogP contribution in [-0.2, 0) is 6.42 Å². The van der Waals surface area contributed by atoms with Gasteiger partial charge in [-0.2, -0.15) is 0 Å². The summed E-state index contributed by atoms with van der Waals surface area (Å²) in [5.41, 5.74) is 7.67. The van der Waals surface area contributed by atoms with Gasteiger partial charge in [-0.15, -0.1) is 0 Å². The maximum absolute atomic E-state index is 4.89. The Bertz CT molecular complexity index is 1050. The monoisotopic (exact) mass is 384 g/mol. The molecule has 1 aromatic carbocycles. The van der Waals surface area contributed by atoms with E-state index in [0.717, 1.165) is 53.6 Å². The van der Waals surface area contributed by atoms with E-state index in [2.05, 4.69) is 88.3 Å². The molecule has 1 N–H and O–H groups in total. The van der Waals surface area contributed by atoms with Crippen LogP contribution in [0.1, 0.15) is 55.5 Å². The Morgan fingerprint density at radius 2 is 1.79 bits per heavy atom. The number of benzene rings is 1. The predicted octanol–water partition coefficient (Wildman–Crippen LogP) is 4.92. The SMILES string of the molecule is C=C(NC(Cc1ccc(C)cc1)C(=C)CC)c1cc(C(=C)C)c2c(n1)=CCCC=2. The first-order valence-corrected chi connectivity index (χ1v) is 10.5. The third kappa shape index (κ3) is 4.95. The van der Waals surface area contributed by atoms with E-state index in [1.54, 1.807) is 0 Å². The van der Waals surface area contributed by atoms with E-state index >= 15 is 0 Å². The molecule has 2 nitrogen and oxygen atoms in total. The second-order valence-electron chi connectivity index (χ2n) is 8.00. The molecule has 1 aliphatic carbocycles. The summed E-state index contributed by atoms with van der Waals surface area (Å²) in [6.07, 6.45) is 8.38. The number of hydrogen-bond acceptors (Lipinski definition) is 2. The Morgan fingerprint density at radius 1 is 1.10 bits per heavy atom. The summed E-state index contributed by atoms with van der Waals surface area (Å²) >= 11 is 0. The van der Waals surface area contributed by atoms with E-state index in [0.29, 0.717) is 0 Å². The normalized spacial score (nSPS) is 13.5. The molecule has 0 saturated heterocycles. The summed E-state index contributed by atoms with van der Waals surface area (Å²) < 4.78 is 0. The van der Waals surface area contributed by atoms with Crippen molar-refractivity contribution in [2.45, 2.75) is 52.5 Å². The molecule has 0 fully saturated rings. The zero-order valence-electron chi connectivity index (χ0n) is 18.0. The summed E-state index contributed by atoms with van der Waals surface area (Å²) in [7, 11) is 0. The van der Waals surface area contributed by atoms with Gasteiger partial charge in [0, 0.05) is 5.22 Å². The fourth-order valence-electron chi connectivity index (χ4n) is 3.69. The van der Waals surface area contributed by atoms with E-state index in [-0.39, 0.29) is 6.04 Å². The van der Waals surface area contributed by atoms with Gasteiger partial charge in [0.25, 0.3) is 0 Å². The summed E-state index contributed by atoms with van der Waals surface area (Å²) in [6.45, 7) is 19.1. The van der Waals surface area contributed by atoms with E-state index in [4.69, 9.17) is 4.98 Å². The zero-order chi connectivity index (χ0) is 21.0. The van der Waals surface area contributed by atoms with Crippen molar-refractivity contribution >= 4 is 23.4 Å². The number of aryl methyl sites for hydroxylation is 1. The zero-order valence-corrected chi connectivity index (χ0v) is 18.0. The first-order chi connectivity index (χ1) is 13.9. The summed E-state index contributed by atoms with van der Waals surface area (Å²) in [6, 6.07) is 10.9. The summed E-state index contributed by atoms with van der Waals surface area (Å²) in [5.74, 6) is 0. The van der Waals surface area contributed by atoms with Crippen molar-refractivity contribution in [3.63, 3.8) is 0 Å². The van der Waals surface area contributed by atoms with Crippen LogP contribution in [-0.4, -0.2) is 11.0 Å². The lowest BCUT2D eigenvalue weighted by Gasteiger charge is -2.23. The minimum Gasteiger partial charge on any atom is -0.377 e.